The summed E-state index contributed by atoms with van der Waals surface area (Å²) in [7, 11) is 0. The average molecular weight is 307 g/mol. The Kier molecular flexibility index (Phi) is 4.85. The number of carboxylic acid groups (broad SMARTS) is 1. The highest BCUT2D eigenvalue weighted by Gasteiger charge is 2.18. The van der Waals surface area contributed by atoms with Gasteiger partial charge in [0.25, 0.3) is 0 Å². The zero-order chi connectivity index (χ0) is 15.2. The van der Waals surface area contributed by atoms with E-state index in [1.807, 2.05) is 30.3 Å². The molecule has 21 heavy (non-hydrogen) atoms. The van der Waals surface area contributed by atoms with Crippen molar-refractivity contribution in [3.63, 3.8) is 0 Å². The Morgan fingerprint density at radius 3 is 2.76 bits per heavy atom. The van der Waals surface area contributed by atoms with Gasteiger partial charge in [-0.3, -0.25) is 10.1 Å². The van der Waals surface area contributed by atoms with Gasteiger partial charge in [-0.1, -0.05) is 30.3 Å². The molecule has 1 aromatic heterocycles. The summed E-state index contributed by atoms with van der Waals surface area (Å²) in [4.78, 5) is 26.2. The predicted octanol–water partition coefficient (Wildman–Crippen LogP) is 1.98. The summed E-state index contributed by atoms with van der Waals surface area (Å²) in [6.07, 6.45) is -0.663. The number of benzene rings is 1. The second kappa shape index (κ2) is 6.82. The van der Waals surface area contributed by atoms with Crippen LogP contribution in [-0.4, -0.2) is 22.2 Å². The van der Waals surface area contributed by atoms with Crippen LogP contribution in [0.5, 0.6) is 0 Å². The van der Waals surface area contributed by atoms with Crippen LogP contribution in [0.1, 0.15) is 17.3 Å². The van der Waals surface area contributed by atoms with E-state index in [0.29, 0.717) is 0 Å². The van der Waals surface area contributed by atoms with E-state index < -0.39 is 18.1 Å². The van der Waals surface area contributed by atoms with Gasteiger partial charge < -0.3 is 15.6 Å². The van der Waals surface area contributed by atoms with Crippen LogP contribution >= 0.6 is 11.3 Å². The van der Waals surface area contributed by atoms with Crippen LogP contribution in [0, 0.1) is 0 Å². The van der Waals surface area contributed by atoms with Gasteiger partial charge in [-0.2, -0.15) is 0 Å². The average Bonchev–Trinajstić information content (AvgIpc) is 2.93. The highest BCUT2D eigenvalue weighted by Crippen LogP contribution is 2.19. The molecule has 1 unspecified atom stereocenters. The summed E-state index contributed by atoms with van der Waals surface area (Å²) in [6, 6.07) is 8.01. The van der Waals surface area contributed by atoms with E-state index in [2.05, 4.69) is 10.3 Å². The number of hydrogen-bond acceptors (Lipinski definition) is 6. The van der Waals surface area contributed by atoms with Crippen LogP contribution in [-0.2, 0) is 16.1 Å². The lowest BCUT2D eigenvalue weighted by molar-refractivity contribution is -0.138. The summed E-state index contributed by atoms with van der Waals surface area (Å²) in [5.74, 6) is -1.18. The summed E-state index contributed by atoms with van der Waals surface area (Å²) < 4.78 is 5.02. The molecule has 2 aromatic rings. The molecule has 8 heteroatoms. The fourth-order valence-electron chi connectivity index (χ4n) is 1.46. The predicted molar refractivity (Wildman–Crippen MR) is 76.9 cm³/mol. The number of aliphatic carboxylic acids is 1. The maximum absolute atomic E-state index is 11.6. The van der Waals surface area contributed by atoms with Crippen molar-refractivity contribution in [3.8, 4) is 0 Å². The van der Waals surface area contributed by atoms with Crippen molar-refractivity contribution >= 4 is 28.5 Å². The van der Waals surface area contributed by atoms with E-state index in [1.165, 1.54) is 5.38 Å². The van der Waals surface area contributed by atoms with Gasteiger partial charge in [-0.25, -0.2) is 9.78 Å². The molecule has 110 valence electrons. The molecule has 1 aromatic carbocycles. The molecule has 4 N–H and O–H groups in total. The molecule has 0 radical (unpaired) electrons. The van der Waals surface area contributed by atoms with Gasteiger partial charge in [0.15, 0.2) is 5.13 Å². The maximum Gasteiger partial charge on any atom is 0.413 e. The minimum atomic E-state index is -1.21. The Labute approximate surface area is 124 Å². The number of nitrogens with zero attached hydrogens (tertiary/aromatic N) is 1. The molecule has 0 aliphatic heterocycles. The highest BCUT2D eigenvalue weighted by molar-refractivity contribution is 7.13. The number of nitrogens with two attached hydrogens (primary N) is 1. The zero-order valence-corrected chi connectivity index (χ0v) is 11.7. The maximum atomic E-state index is 11.6. The second-order valence-corrected chi connectivity index (χ2v) is 4.94. The molecule has 0 spiro atoms. The lowest BCUT2D eigenvalue weighted by Gasteiger charge is -2.05. The van der Waals surface area contributed by atoms with Crippen LogP contribution in [0.3, 0.4) is 0 Å². The molecule has 0 saturated carbocycles. The number of ether oxygens (including phenoxy) is 1. The van der Waals surface area contributed by atoms with Crippen LogP contribution in [0.2, 0.25) is 0 Å². The smallest absolute Gasteiger partial charge is 0.413 e. The third kappa shape index (κ3) is 4.26. The van der Waals surface area contributed by atoms with Crippen molar-refractivity contribution in [3.05, 3.63) is 47.0 Å². The number of amides is 1. The first-order valence-corrected chi connectivity index (χ1v) is 6.85. The number of carboxylic acids is 1. The first kappa shape index (κ1) is 14.9. The van der Waals surface area contributed by atoms with Crippen LogP contribution in [0.25, 0.3) is 0 Å². The molecular formula is C13H13N3O4S. The normalized spacial score (nSPS) is 11.7. The topological polar surface area (TPSA) is 115 Å². The largest absolute Gasteiger partial charge is 0.480 e. The van der Waals surface area contributed by atoms with Crippen molar-refractivity contribution in [1.29, 1.82) is 0 Å². The fourth-order valence-corrected chi connectivity index (χ4v) is 2.19. The SMILES string of the molecule is NC(C(=O)O)c1csc(NC(=O)OCc2ccccc2)n1. The third-order valence-electron chi connectivity index (χ3n) is 2.53. The summed E-state index contributed by atoms with van der Waals surface area (Å²) in [5, 5.41) is 12.9. The van der Waals surface area contributed by atoms with Crippen LogP contribution in [0.4, 0.5) is 9.93 Å². The van der Waals surface area contributed by atoms with Gasteiger partial charge in [0.05, 0.1) is 5.69 Å². The molecular weight excluding hydrogens is 294 g/mol. The molecule has 0 aliphatic rings. The molecule has 2 rings (SSSR count). The molecule has 1 heterocycles. The lowest BCUT2D eigenvalue weighted by atomic mass is 10.2. The number of anilines is 1. The summed E-state index contributed by atoms with van der Waals surface area (Å²) in [5.41, 5.74) is 6.46. The van der Waals surface area contributed by atoms with E-state index in [1.54, 1.807) is 0 Å². The molecule has 0 aliphatic carbocycles. The van der Waals surface area contributed by atoms with Crippen LogP contribution < -0.4 is 11.1 Å². The van der Waals surface area contributed by atoms with E-state index in [9.17, 15) is 9.59 Å². The molecule has 1 amide bonds. The molecule has 0 bridgehead atoms. The Bertz CT molecular complexity index is 629. The Morgan fingerprint density at radius 2 is 2.10 bits per heavy atom. The van der Waals surface area contributed by atoms with Gasteiger partial charge >= 0.3 is 12.1 Å². The molecule has 0 fully saturated rings. The second-order valence-electron chi connectivity index (χ2n) is 4.08. The number of thiazole rings is 1. The first-order valence-electron chi connectivity index (χ1n) is 5.98. The number of hydrogen-bond donors (Lipinski definition) is 3. The van der Waals surface area contributed by atoms with E-state index in [0.717, 1.165) is 16.9 Å². The summed E-state index contributed by atoms with van der Waals surface area (Å²) in [6.45, 7) is 0.138. The van der Waals surface area contributed by atoms with Crippen molar-refractivity contribution in [2.75, 3.05) is 5.32 Å². The standard InChI is InChI=1S/C13H13N3O4S/c14-10(11(17)18)9-7-21-12(15-9)16-13(19)20-6-8-4-2-1-3-5-8/h1-5,7,10H,6,14H2,(H,17,18)(H,15,16,19). The minimum absolute atomic E-state index is 0.138. The zero-order valence-electron chi connectivity index (χ0n) is 10.9. The van der Waals surface area contributed by atoms with Gasteiger partial charge in [0.1, 0.15) is 12.6 Å². The van der Waals surface area contributed by atoms with Crippen LogP contribution in [0.15, 0.2) is 35.7 Å². The molecule has 7 nitrogen and oxygen atoms in total. The Balaban J connectivity index is 1.87. The van der Waals surface area contributed by atoms with Crippen molar-refractivity contribution in [2.24, 2.45) is 5.73 Å². The van der Waals surface area contributed by atoms with Crippen molar-refractivity contribution < 1.29 is 19.4 Å². The molecule has 1 atom stereocenters. The van der Waals surface area contributed by atoms with Crippen molar-refractivity contribution in [1.82, 2.24) is 4.98 Å². The number of carbonyl (C=O) groups is 2. The fraction of sp³-hybridized carbons (Fsp3) is 0.154. The number of rotatable bonds is 5. The molecule has 0 saturated heterocycles. The Morgan fingerprint density at radius 1 is 1.38 bits per heavy atom. The number of nitrogens with one attached hydrogen (secondary N) is 1. The summed E-state index contributed by atoms with van der Waals surface area (Å²) >= 11 is 1.08. The van der Waals surface area contributed by atoms with Gasteiger partial charge in [0, 0.05) is 5.38 Å². The van der Waals surface area contributed by atoms with Gasteiger partial charge in [-0.15, -0.1) is 11.3 Å². The van der Waals surface area contributed by atoms with E-state index >= 15 is 0 Å². The van der Waals surface area contributed by atoms with Crippen molar-refractivity contribution in [2.45, 2.75) is 12.6 Å². The van der Waals surface area contributed by atoms with Gasteiger partial charge in [0.2, 0.25) is 0 Å². The van der Waals surface area contributed by atoms with Gasteiger partial charge in [-0.05, 0) is 5.56 Å². The third-order valence-corrected chi connectivity index (χ3v) is 3.30. The monoisotopic (exact) mass is 307 g/mol. The number of carbonyl (C=O) groups excluding carboxylic acids is 1. The van der Waals surface area contributed by atoms with E-state index in [-0.39, 0.29) is 17.4 Å². The number of aromatic nitrogens is 1. The van der Waals surface area contributed by atoms with E-state index in [4.69, 9.17) is 15.6 Å². The quantitative estimate of drug-likeness (QED) is 0.778. The Hall–Kier alpha value is -2.45. The lowest BCUT2D eigenvalue weighted by Crippen LogP contribution is -2.21. The minimum Gasteiger partial charge on any atom is -0.480 e. The highest BCUT2D eigenvalue weighted by atomic mass is 32.1. The first-order chi connectivity index (χ1) is 10.1.